The lowest BCUT2D eigenvalue weighted by atomic mass is 10.1. The second-order valence-corrected chi connectivity index (χ2v) is 6.62. The van der Waals surface area contributed by atoms with Crippen molar-refractivity contribution < 1.29 is 8.42 Å². The highest BCUT2D eigenvalue weighted by Gasteiger charge is 2.30. The average Bonchev–Trinajstić information content (AvgIpc) is 2.92. The molecule has 0 aliphatic carbocycles. The van der Waals surface area contributed by atoms with E-state index in [0.29, 0.717) is 18.7 Å². The van der Waals surface area contributed by atoms with Gasteiger partial charge in [-0.3, -0.25) is 0 Å². The van der Waals surface area contributed by atoms with Gasteiger partial charge in [-0.1, -0.05) is 30.3 Å². The molecule has 1 aliphatic heterocycles. The van der Waals surface area contributed by atoms with Gasteiger partial charge < -0.3 is 0 Å². The Bertz CT molecular complexity index is 782. The van der Waals surface area contributed by atoms with E-state index in [4.69, 9.17) is 5.26 Å². The molecule has 20 heavy (non-hydrogen) atoms. The Hall–Kier alpha value is -2.16. The number of nitriles is 1. The Morgan fingerprint density at radius 1 is 1.00 bits per heavy atom. The van der Waals surface area contributed by atoms with Gasteiger partial charge in [0.25, 0.3) is 0 Å². The molecule has 0 bridgehead atoms. The van der Waals surface area contributed by atoms with E-state index in [9.17, 15) is 8.42 Å². The molecule has 0 saturated heterocycles. The van der Waals surface area contributed by atoms with Crippen molar-refractivity contribution in [3.05, 3.63) is 65.2 Å². The maximum atomic E-state index is 12.6. The second-order valence-electron chi connectivity index (χ2n) is 4.68. The minimum absolute atomic E-state index is 0.171. The van der Waals surface area contributed by atoms with E-state index < -0.39 is 10.0 Å². The first-order valence-electron chi connectivity index (χ1n) is 6.18. The molecular formula is C15H12N2O2S. The molecule has 2 aromatic rings. The van der Waals surface area contributed by atoms with Crippen LogP contribution in [0.2, 0.25) is 0 Å². The van der Waals surface area contributed by atoms with Crippen molar-refractivity contribution in [1.29, 1.82) is 5.26 Å². The summed E-state index contributed by atoms with van der Waals surface area (Å²) in [6.07, 6.45) is 0. The molecule has 4 nitrogen and oxygen atoms in total. The van der Waals surface area contributed by atoms with E-state index in [1.807, 2.05) is 30.3 Å². The summed E-state index contributed by atoms with van der Waals surface area (Å²) in [7, 11) is -3.56. The summed E-state index contributed by atoms with van der Waals surface area (Å²) >= 11 is 0. The zero-order chi connectivity index (χ0) is 14.2. The molecule has 1 heterocycles. The van der Waals surface area contributed by atoms with Gasteiger partial charge in [0.05, 0.1) is 16.5 Å². The number of fused-ring (bicyclic) bond motifs is 1. The van der Waals surface area contributed by atoms with Crippen molar-refractivity contribution in [2.75, 3.05) is 0 Å². The van der Waals surface area contributed by atoms with Gasteiger partial charge >= 0.3 is 0 Å². The average molecular weight is 284 g/mol. The third-order valence-electron chi connectivity index (χ3n) is 3.41. The zero-order valence-corrected chi connectivity index (χ0v) is 11.5. The van der Waals surface area contributed by atoms with E-state index in [1.165, 1.54) is 16.4 Å². The minimum Gasteiger partial charge on any atom is -0.207 e. The first kappa shape index (κ1) is 12.9. The lowest BCUT2D eigenvalue weighted by Crippen LogP contribution is -2.25. The van der Waals surface area contributed by atoms with E-state index in [2.05, 4.69) is 0 Å². The van der Waals surface area contributed by atoms with Crippen molar-refractivity contribution in [1.82, 2.24) is 4.31 Å². The third kappa shape index (κ3) is 2.09. The normalized spacial score (nSPS) is 14.8. The largest absolute Gasteiger partial charge is 0.243 e. The summed E-state index contributed by atoms with van der Waals surface area (Å²) in [6.45, 7) is 0.768. The Labute approximate surface area is 117 Å². The molecule has 0 unspecified atom stereocenters. The standard InChI is InChI=1S/C15H12N2O2S/c16-9-12-4-3-7-15(8-12)20(18,19)17-10-13-5-1-2-6-14(13)11-17/h1-8H,10-11H2. The van der Waals surface area contributed by atoms with Crippen LogP contribution in [0.5, 0.6) is 0 Å². The fraction of sp³-hybridized carbons (Fsp3) is 0.133. The van der Waals surface area contributed by atoms with Crippen LogP contribution in [0, 0.1) is 11.3 Å². The first-order chi connectivity index (χ1) is 9.61. The van der Waals surface area contributed by atoms with Crippen molar-refractivity contribution in [2.24, 2.45) is 0 Å². The van der Waals surface area contributed by atoms with Crippen LogP contribution < -0.4 is 0 Å². The molecule has 5 heteroatoms. The summed E-state index contributed by atoms with van der Waals surface area (Å²) < 4.78 is 26.6. The van der Waals surface area contributed by atoms with Crippen LogP contribution >= 0.6 is 0 Å². The summed E-state index contributed by atoms with van der Waals surface area (Å²) in [6, 6.07) is 15.8. The Morgan fingerprint density at radius 2 is 1.65 bits per heavy atom. The molecule has 0 aromatic heterocycles. The van der Waals surface area contributed by atoms with E-state index in [-0.39, 0.29) is 4.90 Å². The van der Waals surface area contributed by atoms with Crippen LogP contribution in [-0.2, 0) is 23.1 Å². The molecule has 0 N–H and O–H groups in total. The van der Waals surface area contributed by atoms with Crippen LogP contribution in [-0.4, -0.2) is 12.7 Å². The van der Waals surface area contributed by atoms with E-state index in [1.54, 1.807) is 12.1 Å². The van der Waals surface area contributed by atoms with Crippen LogP contribution in [0.4, 0.5) is 0 Å². The second kappa shape index (κ2) is 4.75. The van der Waals surface area contributed by atoms with Crippen molar-refractivity contribution in [2.45, 2.75) is 18.0 Å². The van der Waals surface area contributed by atoms with Gasteiger partial charge in [0.15, 0.2) is 0 Å². The number of benzene rings is 2. The van der Waals surface area contributed by atoms with Gasteiger partial charge in [-0.05, 0) is 29.3 Å². The van der Waals surface area contributed by atoms with Gasteiger partial charge in [-0.25, -0.2) is 8.42 Å². The van der Waals surface area contributed by atoms with Gasteiger partial charge in [0.2, 0.25) is 10.0 Å². The molecule has 0 fully saturated rings. The maximum absolute atomic E-state index is 12.6. The monoisotopic (exact) mass is 284 g/mol. The SMILES string of the molecule is N#Cc1cccc(S(=O)(=O)N2Cc3ccccc3C2)c1. The number of rotatable bonds is 2. The van der Waals surface area contributed by atoms with Crippen molar-refractivity contribution in [3.63, 3.8) is 0 Å². The summed E-state index contributed by atoms with van der Waals surface area (Å²) in [5, 5.41) is 8.88. The zero-order valence-electron chi connectivity index (χ0n) is 10.7. The predicted molar refractivity (Wildman–Crippen MR) is 74.0 cm³/mol. The first-order valence-corrected chi connectivity index (χ1v) is 7.62. The number of sulfonamides is 1. The molecule has 0 amide bonds. The maximum Gasteiger partial charge on any atom is 0.243 e. The van der Waals surface area contributed by atoms with Gasteiger partial charge in [0, 0.05) is 13.1 Å². The summed E-state index contributed by atoms with van der Waals surface area (Å²) in [5.41, 5.74) is 2.42. The number of hydrogen-bond donors (Lipinski definition) is 0. The number of hydrogen-bond acceptors (Lipinski definition) is 3. The molecule has 0 radical (unpaired) electrons. The molecular weight excluding hydrogens is 272 g/mol. The lowest BCUT2D eigenvalue weighted by Gasteiger charge is -2.15. The molecule has 0 saturated carbocycles. The summed E-state index contributed by atoms with van der Waals surface area (Å²) in [4.78, 5) is 0.171. The van der Waals surface area contributed by atoms with Crippen LogP contribution in [0.3, 0.4) is 0 Å². The molecule has 3 rings (SSSR count). The molecule has 100 valence electrons. The van der Waals surface area contributed by atoms with Crippen molar-refractivity contribution >= 4 is 10.0 Å². The Kier molecular flexibility index (Phi) is 3.05. The highest BCUT2D eigenvalue weighted by atomic mass is 32.2. The van der Waals surface area contributed by atoms with Crippen LogP contribution in [0.15, 0.2) is 53.4 Å². The highest BCUT2D eigenvalue weighted by Crippen LogP contribution is 2.28. The van der Waals surface area contributed by atoms with Gasteiger partial charge in [0.1, 0.15) is 0 Å². The summed E-state index contributed by atoms with van der Waals surface area (Å²) in [5.74, 6) is 0. The smallest absolute Gasteiger partial charge is 0.207 e. The molecule has 2 aromatic carbocycles. The molecule has 1 aliphatic rings. The van der Waals surface area contributed by atoms with E-state index >= 15 is 0 Å². The molecule has 0 atom stereocenters. The number of nitrogens with zero attached hydrogens (tertiary/aromatic N) is 2. The predicted octanol–water partition coefficient (Wildman–Crippen LogP) is 2.26. The van der Waals surface area contributed by atoms with E-state index in [0.717, 1.165) is 11.1 Å². The fourth-order valence-corrected chi connectivity index (χ4v) is 3.79. The third-order valence-corrected chi connectivity index (χ3v) is 5.20. The topological polar surface area (TPSA) is 61.2 Å². The highest BCUT2D eigenvalue weighted by molar-refractivity contribution is 7.89. The van der Waals surface area contributed by atoms with Gasteiger partial charge in [-0.15, -0.1) is 0 Å². The van der Waals surface area contributed by atoms with Crippen molar-refractivity contribution in [3.8, 4) is 6.07 Å². The van der Waals surface area contributed by atoms with Crippen LogP contribution in [0.1, 0.15) is 16.7 Å². The van der Waals surface area contributed by atoms with Gasteiger partial charge in [-0.2, -0.15) is 9.57 Å². The molecule has 0 spiro atoms. The van der Waals surface area contributed by atoms with Crippen LogP contribution in [0.25, 0.3) is 0 Å². The fourth-order valence-electron chi connectivity index (χ4n) is 2.35. The Balaban J connectivity index is 1.97. The Morgan fingerprint density at radius 3 is 2.25 bits per heavy atom. The quantitative estimate of drug-likeness (QED) is 0.850. The minimum atomic E-state index is -3.56. The lowest BCUT2D eigenvalue weighted by molar-refractivity contribution is 0.431.